The van der Waals surface area contributed by atoms with Gasteiger partial charge in [0.2, 0.25) is 0 Å². The van der Waals surface area contributed by atoms with Crippen LogP contribution in [0.1, 0.15) is 10.4 Å². The maximum atomic E-state index is 10.6. The number of pyridine rings is 1. The number of fused-ring (bicyclic) bond motifs is 1. The van der Waals surface area contributed by atoms with Gasteiger partial charge in [-0.3, -0.25) is 4.79 Å². The smallest absolute Gasteiger partial charge is 0.150 e. The average Bonchev–Trinajstić information content (AvgIpc) is 2.27. The van der Waals surface area contributed by atoms with Crippen molar-refractivity contribution in [3.63, 3.8) is 0 Å². The van der Waals surface area contributed by atoms with Crippen molar-refractivity contribution >= 4 is 22.9 Å². The molecule has 0 N–H and O–H groups in total. The highest BCUT2D eigenvalue weighted by atomic mass is 16.1. The van der Waals surface area contributed by atoms with E-state index in [1.165, 1.54) is 0 Å². The van der Waals surface area contributed by atoms with Gasteiger partial charge in [-0.1, -0.05) is 6.07 Å². The van der Waals surface area contributed by atoms with Crippen molar-refractivity contribution in [1.82, 2.24) is 4.98 Å². The molecule has 0 atom stereocenters. The van der Waals surface area contributed by atoms with E-state index < -0.39 is 0 Å². The second-order valence-corrected chi connectivity index (χ2v) is 3.63. The molecule has 1 aromatic carbocycles. The maximum absolute atomic E-state index is 10.6. The quantitative estimate of drug-likeness (QED) is 0.696. The second-order valence-electron chi connectivity index (χ2n) is 3.63. The number of nitrogens with zero attached hydrogens (tertiary/aromatic N) is 2. The lowest BCUT2D eigenvalue weighted by atomic mass is 10.1. The number of benzene rings is 1. The summed E-state index contributed by atoms with van der Waals surface area (Å²) in [5.74, 6) is 0.921. The molecule has 3 nitrogen and oxygen atoms in total. The van der Waals surface area contributed by atoms with Crippen LogP contribution in [0, 0.1) is 0 Å². The fourth-order valence-corrected chi connectivity index (χ4v) is 1.61. The van der Waals surface area contributed by atoms with Crippen molar-refractivity contribution in [2.75, 3.05) is 19.0 Å². The van der Waals surface area contributed by atoms with Gasteiger partial charge in [0.15, 0.2) is 0 Å². The van der Waals surface area contributed by atoms with E-state index in [9.17, 15) is 4.79 Å². The molecule has 76 valence electrons. The highest BCUT2D eigenvalue weighted by Crippen LogP contribution is 2.23. The van der Waals surface area contributed by atoms with Crippen molar-refractivity contribution < 1.29 is 4.79 Å². The molecule has 0 unspecified atom stereocenters. The van der Waals surface area contributed by atoms with Crippen LogP contribution >= 0.6 is 0 Å². The predicted octanol–water partition coefficient (Wildman–Crippen LogP) is 2.11. The lowest BCUT2D eigenvalue weighted by molar-refractivity contribution is 0.112. The Bertz CT molecular complexity index is 506. The van der Waals surface area contributed by atoms with Crippen LogP contribution in [-0.2, 0) is 0 Å². The first-order chi connectivity index (χ1) is 7.22. The molecule has 0 bridgehead atoms. The monoisotopic (exact) mass is 200 g/mol. The third kappa shape index (κ3) is 1.68. The van der Waals surface area contributed by atoms with Crippen LogP contribution in [0.15, 0.2) is 30.5 Å². The van der Waals surface area contributed by atoms with E-state index >= 15 is 0 Å². The molecule has 0 spiro atoms. The lowest BCUT2D eigenvalue weighted by Gasteiger charge is -2.13. The van der Waals surface area contributed by atoms with Crippen LogP contribution in [0.2, 0.25) is 0 Å². The van der Waals surface area contributed by atoms with Crippen molar-refractivity contribution in [2.24, 2.45) is 0 Å². The van der Waals surface area contributed by atoms with Gasteiger partial charge in [0, 0.05) is 31.2 Å². The first kappa shape index (κ1) is 9.65. The Morgan fingerprint density at radius 3 is 2.73 bits per heavy atom. The lowest BCUT2D eigenvalue weighted by Crippen LogP contribution is -2.10. The Kier molecular flexibility index (Phi) is 2.37. The summed E-state index contributed by atoms with van der Waals surface area (Å²) in [5, 5.41) is 2.10. The molecule has 2 aromatic rings. The summed E-state index contributed by atoms with van der Waals surface area (Å²) >= 11 is 0. The van der Waals surface area contributed by atoms with E-state index in [1.54, 1.807) is 6.20 Å². The van der Waals surface area contributed by atoms with Gasteiger partial charge in [-0.2, -0.15) is 0 Å². The van der Waals surface area contributed by atoms with Gasteiger partial charge in [-0.05, 0) is 23.6 Å². The molecule has 15 heavy (non-hydrogen) atoms. The summed E-state index contributed by atoms with van der Waals surface area (Å²) in [6, 6.07) is 7.53. The zero-order valence-electron chi connectivity index (χ0n) is 8.77. The minimum atomic E-state index is 0.693. The Morgan fingerprint density at radius 1 is 1.27 bits per heavy atom. The van der Waals surface area contributed by atoms with Gasteiger partial charge < -0.3 is 4.90 Å². The Balaban J connectivity index is 2.72. The number of rotatable bonds is 2. The fraction of sp³-hybridized carbons (Fsp3) is 0.167. The summed E-state index contributed by atoms with van der Waals surface area (Å²) in [6.45, 7) is 0. The number of hydrogen-bond donors (Lipinski definition) is 0. The van der Waals surface area contributed by atoms with Crippen molar-refractivity contribution in [2.45, 2.75) is 0 Å². The number of carbonyl (C=O) groups is 1. The van der Waals surface area contributed by atoms with Gasteiger partial charge in [0.05, 0.1) is 0 Å². The molecule has 0 aliphatic carbocycles. The second kappa shape index (κ2) is 3.69. The molecular weight excluding hydrogens is 188 g/mol. The van der Waals surface area contributed by atoms with Gasteiger partial charge in [-0.25, -0.2) is 4.98 Å². The van der Waals surface area contributed by atoms with Gasteiger partial charge in [0.1, 0.15) is 12.1 Å². The molecule has 0 saturated heterocycles. The van der Waals surface area contributed by atoms with E-state index in [-0.39, 0.29) is 0 Å². The summed E-state index contributed by atoms with van der Waals surface area (Å²) in [4.78, 5) is 16.9. The Morgan fingerprint density at radius 2 is 2.07 bits per heavy atom. The number of aromatic nitrogens is 1. The zero-order chi connectivity index (χ0) is 10.8. The van der Waals surface area contributed by atoms with Crippen LogP contribution in [0.4, 0.5) is 5.82 Å². The van der Waals surface area contributed by atoms with Crippen LogP contribution in [0.3, 0.4) is 0 Å². The summed E-state index contributed by atoms with van der Waals surface area (Å²) in [6.07, 6.45) is 2.61. The first-order valence-corrected chi connectivity index (χ1v) is 4.73. The average molecular weight is 200 g/mol. The highest BCUT2D eigenvalue weighted by Gasteiger charge is 2.04. The Hall–Kier alpha value is -1.90. The van der Waals surface area contributed by atoms with Crippen LogP contribution in [0.25, 0.3) is 10.8 Å². The van der Waals surface area contributed by atoms with E-state index in [1.807, 2.05) is 43.3 Å². The molecule has 0 radical (unpaired) electrons. The summed E-state index contributed by atoms with van der Waals surface area (Å²) in [7, 11) is 3.91. The highest BCUT2D eigenvalue weighted by molar-refractivity contribution is 5.95. The first-order valence-electron chi connectivity index (χ1n) is 4.73. The summed E-state index contributed by atoms with van der Waals surface area (Å²) < 4.78 is 0. The van der Waals surface area contributed by atoms with Crippen molar-refractivity contribution in [3.05, 3.63) is 36.0 Å². The molecule has 2 rings (SSSR count). The SMILES string of the molecule is CN(C)c1nccc2cc(C=O)ccc12. The molecule has 1 heterocycles. The van der Waals surface area contributed by atoms with E-state index in [0.29, 0.717) is 5.56 Å². The molecular formula is C12H12N2O. The summed E-state index contributed by atoms with van der Waals surface area (Å²) in [5.41, 5.74) is 0.693. The normalized spacial score (nSPS) is 10.3. The molecule has 0 fully saturated rings. The maximum Gasteiger partial charge on any atom is 0.150 e. The standard InChI is InChI=1S/C12H12N2O/c1-14(2)12-11-4-3-9(8-15)7-10(11)5-6-13-12/h3-8H,1-2H3. The fourth-order valence-electron chi connectivity index (χ4n) is 1.61. The number of aldehydes is 1. The number of carbonyl (C=O) groups excluding carboxylic acids is 1. The number of anilines is 1. The molecule has 3 heteroatoms. The van der Waals surface area contributed by atoms with E-state index in [0.717, 1.165) is 22.9 Å². The third-order valence-corrected chi connectivity index (χ3v) is 2.33. The zero-order valence-corrected chi connectivity index (χ0v) is 8.77. The van der Waals surface area contributed by atoms with Crippen molar-refractivity contribution in [1.29, 1.82) is 0 Å². The molecule has 1 aromatic heterocycles. The molecule has 0 saturated carbocycles. The molecule has 0 amide bonds. The minimum absolute atomic E-state index is 0.693. The third-order valence-electron chi connectivity index (χ3n) is 2.33. The van der Waals surface area contributed by atoms with Gasteiger partial charge in [0.25, 0.3) is 0 Å². The van der Waals surface area contributed by atoms with Crippen molar-refractivity contribution in [3.8, 4) is 0 Å². The van der Waals surface area contributed by atoms with E-state index in [2.05, 4.69) is 4.98 Å². The van der Waals surface area contributed by atoms with Gasteiger partial charge >= 0.3 is 0 Å². The van der Waals surface area contributed by atoms with E-state index in [4.69, 9.17) is 0 Å². The minimum Gasteiger partial charge on any atom is -0.362 e. The van der Waals surface area contributed by atoms with Crippen LogP contribution in [0.5, 0.6) is 0 Å². The predicted molar refractivity (Wildman–Crippen MR) is 61.5 cm³/mol. The van der Waals surface area contributed by atoms with Crippen LogP contribution < -0.4 is 4.90 Å². The van der Waals surface area contributed by atoms with Gasteiger partial charge in [-0.15, -0.1) is 0 Å². The largest absolute Gasteiger partial charge is 0.362 e. The topological polar surface area (TPSA) is 33.2 Å². The Labute approximate surface area is 88.3 Å². The molecule has 0 aliphatic rings. The van der Waals surface area contributed by atoms with Crippen LogP contribution in [-0.4, -0.2) is 25.4 Å². The molecule has 0 aliphatic heterocycles. The number of hydrogen-bond acceptors (Lipinski definition) is 3.